The fourth-order valence-electron chi connectivity index (χ4n) is 2.51. The van der Waals surface area contributed by atoms with Gasteiger partial charge in [0.05, 0.1) is 30.6 Å². The van der Waals surface area contributed by atoms with Crippen molar-refractivity contribution in [2.75, 3.05) is 24.6 Å². The van der Waals surface area contributed by atoms with Gasteiger partial charge in [-0.1, -0.05) is 20.8 Å². The fraction of sp³-hybridized carbons (Fsp3) is 0.688. The van der Waals surface area contributed by atoms with Crippen molar-refractivity contribution in [1.29, 1.82) is 0 Å². The summed E-state index contributed by atoms with van der Waals surface area (Å²) in [5, 5.41) is 0. The van der Waals surface area contributed by atoms with Gasteiger partial charge in [-0.25, -0.2) is 9.97 Å². The number of rotatable bonds is 3. The number of carbonyl (C=O) groups is 1. The Labute approximate surface area is 126 Å². The molecule has 0 spiro atoms. The molecule has 1 aromatic heterocycles. The van der Waals surface area contributed by atoms with Gasteiger partial charge < -0.3 is 9.64 Å². The number of piperidine rings is 1. The van der Waals surface area contributed by atoms with Crippen LogP contribution >= 0.6 is 0 Å². The summed E-state index contributed by atoms with van der Waals surface area (Å²) in [4.78, 5) is 22.9. The van der Waals surface area contributed by atoms with Crippen molar-refractivity contribution in [3.63, 3.8) is 0 Å². The van der Waals surface area contributed by atoms with Crippen molar-refractivity contribution in [3.8, 4) is 0 Å². The first-order chi connectivity index (χ1) is 9.91. The fourth-order valence-corrected chi connectivity index (χ4v) is 2.51. The standard InChI is InChI=1S/C16H25N3O2/c1-5-21-14(20)12-6-8-19(9-7-12)13-10-17-15(18-11-13)16(2,3)4/h10-12H,5-9H2,1-4H3. The lowest BCUT2D eigenvalue weighted by atomic mass is 9.95. The van der Waals surface area contributed by atoms with Gasteiger partial charge in [0.2, 0.25) is 0 Å². The average molecular weight is 291 g/mol. The Hall–Kier alpha value is -1.65. The number of aromatic nitrogens is 2. The van der Waals surface area contributed by atoms with Crippen molar-refractivity contribution >= 4 is 11.7 Å². The second-order valence-corrected chi connectivity index (χ2v) is 6.53. The van der Waals surface area contributed by atoms with Crippen molar-refractivity contribution in [2.45, 2.75) is 46.0 Å². The van der Waals surface area contributed by atoms with Gasteiger partial charge in [-0.2, -0.15) is 0 Å². The maximum absolute atomic E-state index is 11.7. The van der Waals surface area contributed by atoms with Gasteiger partial charge in [-0.3, -0.25) is 4.79 Å². The zero-order valence-electron chi connectivity index (χ0n) is 13.4. The number of nitrogens with zero attached hydrogens (tertiary/aromatic N) is 3. The second-order valence-electron chi connectivity index (χ2n) is 6.53. The van der Waals surface area contributed by atoms with Crippen molar-refractivity contribution < 1.29 is 9.53 Å². The first-order valence-electron chi connectivity index (χ1n) is 7.66. The van der Waals surface area contributed by atoms with Gasteiger partial charge in [0.15, 0.2) is 0 Å². The van der Waals surface area contributed by atoms with Crippen LogP contribution in [-0.4, -0.2) is 35.6 Å². The number of ether oxygens (including phenoxy) is 1. The normalized spacial score (nSPS) is 16.9. The van der Waals surface area contributed by atoms with Crippen LogP contribution in [-0.2, 0) is 14.9 Å². The molecule has 2 heterocycles. The van der Waals surface area contributed by atoms with Gasteiger partial charge >= 0.3 is 5.97 Å². The van der Waals surface area contributed by atoms with E-state index in [-0.39, 0.29) is 17.3 Å². The lowest BCUT2D eigenvalue weighted by Crippen LogP contribution is -2.37. The minimum absolute atomic E-state index is 0.0323. The summed E-state index contributed by atoms with van der Waals surface area (Å²) in [5.74, 6) is 0.833. The van der Waals surface area contributed by atoms with E-state index in [0.717, 1.165) is 37.4 Å². The van der Waals surface area contributed by atoms with Crippen LogP contribution in [0.3, 0.4) is 0 Å². The smallest absolute Gasteiger partial charge is 0.309 e. The van der Waals surface area contributed by atoms with E-state index in [9.17, 15) is 4.79 Å². The molecule has 1 aliphatic rings. The predicted octanol–water partition coefficient (Wildman–Crippen LogP) is 2.55. The van der Waals surface area contributed by atoms with Crippen LogP contribution in [0.15, 0.2) is 12.4 Å². The quantitative estimate of drug-likeness (QED) is 0.801. The van der Waals surface area contributed by atoms with E-state index in [1.54, 1.807) is 0 Å². The van der Waals surface area contributed by atoms with E-state index in [1.165, 1.54) is 0 Å². The Morgan fingerprint density at radius 3 is 2.33 bits per heavy atom. The Bertz CT molecular complexity index is 471. The van der Waals surface area contributed by atoms with E-state index in [2.05, 4.69) is 35.6 Å². The molecule has 0 saturated carbocycles. The van der Waals surface area contributed by atoms with Crippen LogP contribution < -0.4 is 4.90 Å². The third-order valence-corrected chi connectivity index (χ3v) is 3.79. The molecular formula is C16H25N3O2. The second kappa shape index (κ2) is 6.41. The number of carbonyl (C=O) groups excluding carboxylic acids is 1. The van der Waals surface area contributed by atoms with E-state index in [4.69, 9.17) is 4.74 Å². The van der Waals surface area contributed by atoms with E-state index in [0.29, 0.717) is 6.61 Å². The Kier molecular flexibility index (Phi) is 4.80. The third kappa shape index (κ3) is 3.93. The Morgan fingerprint density at radius 1 is 1.29 bits per heavy atom. The van der Waals surface area contributed by atoms with Crippen molar-refractivity contribution in [3.05, 3.63) is 18.2 Å². The molecule has 5 nitrogen and oxygen atoms in total. The summed E-state index contributed by atoms with van der Waals surface area (Å²) in [6.07, 6.45) is 5.44. The van der Waals surface area contributed by atoms with Crippen LogP contribution in [0.2, 0.25) is 0 Å². The van der Waals surface area contributed by atoms with E-state index in [1.807, 2.05) is 19.3 Å². The molecule has 116 valence electrons. The zero-order valence-corrected chi connectivity index (χ0v) is 13.4. The van der Waals surface area contributed by atoms with Gasteiger partial charge in [-0.05, 0) is 19.8 Å². The van der Waals surface area contributed by atoms with Crippen LogP contribution in [0, 0.1) is 5.92 Å². The molecular weight excluding hydrogens is 266 g/mol. The lowest BCUT2D eigenvalue weighted by Gasteiger charge is -2.32. The van der Waals surface area contributed by atoms with Gasteiger partial charge in [0.25, 0.3) is 0 Å². The first-order valence-corrected chi connectivity index (χ1v) is 7.66. The van der Waals surface area contributed by atoms with Crippen LogP contribution in [0.1, 0.15) is 46.4 Å². The molecule has 1 aromatic rings. The highest BCUT2D eigenvalue weighted by Gasteiger charge is 2.26. The van der Waals surface area contributed by atoms with Crippen molar-refractivity contribution in [1.82, 2.24) is 9.97 Å². The minimum Gasteiger partial charge on any atom is -0.466 e. The molecule has 21 heavy (non-hydrogen) atoms. The number of esters is 1. The summed E-state index contributed by atoms with van der Waals surface area (Å²) in [5.41, 5.74) is 1.00. The lowest BCUT2D eigenvalue weighted by molar-refractivity contribution is -0.148. The average Bonchev–Trinajstić information content (AvgIpc) is 2.47. The number of hydrogen-bond donors (Lipinski definition) is 0. The molecule has 0 bridgehead atoms. The summed E-state index contributed by atoms with van der Waals surface area (Å²) in [6, 6.07) is 0. The largest absolute Gasteiger partial charge is 0.466 e. The van der Waals surface area contributed by atoms with Crippen LogP contribution in [0.4, 0.5) is 5.69 Å². The predicted molar refractivity (Wildman–Crippen MR) is 82.3 cm³/mol. The van der Waals surface area contributed by atoms with E-state index >= 15 is 0 Å². The SMILES string of the molecule is CCOC(=O)C1CCN(c2cnc(C(C)(C)C)nc2)CC1. The highest BCUT2D eigenvalue weighted by Crippen LogP contribution is 2.24. The summed E-state index contributed by atoms with van der Waals surface area (Å²) >= 11 is 0. The molecule has 0 aliphatic carbocycles. The highest BCUT2D eigenvalue weighted by molar-refractivity contribution is 5.72. The summed E-state index contributed by atoms with van der Waals surface area (Å²) in [6.45, 7) is 10.3. The third-order valence-electron chi connectivity index (χ3n) is 3.79. The molecule has 2 rings (SSSR count). The summed E-state index contributed by atoms with van der Waals surface area (Å²) in [7, 11) is 0. The monoisotopic (exact) mass is 291 g/mol. The first kappa shape index (κ1) is 15.7. The van der Waals surface area contributed by atoms with Gasteiger partial charge in [0.1, 0.15) is 5.82 Å². The highest BCUT2D eigenvalue weighted by atomic mass is 16.5. The molecule has 0 aromatic carbocycles. The topological polar surface area (TPSA) is 55.3 Å². The summed E-state index contributed by atoms with van der Waals surface area (Å²) < 4.78 is 5.09. The maximum Gasteiger partial charge on any atom is 0.309 e. The van der Waals surface area contributed by atoms with E-state index < -0.39 is 0 Å². The molecule has 0 atom stereocenters. The molecule has 0 unspecified atom stereocenters. The molecule has 0 radical (unpaired) electrons. The minimum atomic E-state index is -0.0588. The Balaban J connectivity index is 1.95. The van der Waals surface area contributed by atoms with Gasteiger partial charge in [-0.15, -0.1) is 0 Å². The molecule has 1 saturated heterocycles. The Morgan fingerprint density at radius 2 is 1.86 bits per heavy atom. The van der Waals surface area contributed by atoms with Gasteiger partial charge in [0, 0.05) is 18.5 Å². The molecule has 1 fully saturated rings. The van der Waals surface area contributed by atoms with Crippen molar-refractivity contribution in [2.24, 2.45) is 5.92 Å². The number of anilines is 1. The van der Waals surface area contributed by atoms with Crippen LogP contribution in [0.25, 0.3) is 0 Å². The molecule has 5 heteroatoms. The zero-order chi connectivity index (χ0) is 15.5. The molecule has 0 amide bonds. The molecule has 0 N–H and O–H groups in total. The molecule has 1 aliphatic heterocycles. The maximum atomic E-state index is 11.7. The van der Waals surface area contributed by atoms with Crippen LogP contribution in [0.5, 0.6) is 0 Å². The number of hydrogen-bond acceptors (Lipinski definition) is 5.